The summed E-state index contributed by atoms with van der Waals surface area (Å²) >= 11 is 5.92. The van der Waals surface area contributed by atoms with Crippen molar-refractivity contribution in [1.82, 2.24) is 25.3 Å². The predicted molar refractivity (Wildman–Crippen MR) is 61.6 cm³/mol. The van der Waals surface area contributed by atoms with E-state index in [1.807, 2.05) is 19.1 Å². The highest BCUT2D eigenvalue weighted by molar-refractivity contribution is 6.20. The largest absolute Gasteiger partial charge is 0.366 e. The van der Waals surface area contributed by atoms with Crippen LogP contribution in [-0.2, 0) is 0 Å². The van der Waals surface area contributed by atoms with Crippen LogP contribution in [0.1, 0.15) is 20.3 Å². The highest BCUT2D eigenvalue weighted by atomic mass is 35.5. The molecule has 2 heterocycles. The first kappa shape index (κ1) is 11.1. The Morgan fingerprint density at radius 1 is 1.44 bits per heavy atom. The summed E-state index contributed by atoms with van der Waals surface area (Å²) in [5.74, 6) is 0.740. The topological polar surface area (TPSA) is 68.0 Å². The first-order valence-corrected chi connectivity index (χ1v) is 5.55. The van der Waals surface area contributed by atoms with Crippen molar-refractivity contribution >= 4 is 23.1 Å². The Kier molecular flexibility index (Phi) is 3.19. The molecule has 16 heavy (non-hydrogen) atoms. The lowest BCUT2D eigenvalue weighted by Gasteiger charge is -2.14. The van der Waals surface area contributed by atoms with Crippen molar-refractivity contribution in [3.05, 3.63) is 12.1 Å². The molecule has 6 nitrogen and oxygen atoms in total. The van der Waals surface area contributed by atoms with Crippen molar-refractivity contribution in [3.8, 4) is 0 Å². The fraction of sp³-hybridized carbons (Fsp3) is 0.556. The Morgan fingerprint density at radius 3 is 3.00 bits per heavy atom. The van der Waals surface area contributed by atoms with Gasteiger partial charge in [-0.3, -0.25) is 0 Å². The van der Waals surface area contributed by atoms with Crippen LogP contribution >= 0.6 is 11.6 Å². The number of fused-ring (bicyclic) bond motifs is 1. The van der Waals surface area contributed by atoms with Crippen LogP contribution < -0.4 is 5.32 Å². The smallest absolute Gasteiger partial charge is 0.200 e. The highest BCUT2D eigenvalue weighted by Crippen LogP contribution is 2.10. The van der Waals surface area contributed by atoms with Gasteiger partial charge in [0.25, 0.3) is 0 Å². The monoisotopic (exact) mass is 240 g/mol. The van der Waals surface area contributed by atoms with E-state index in [9.17, 15) is 0 Å². The van der Waals surface area contributed by atoms with E-state index >= 15 is 0 Å². The summed E-state index contributed by atoms with van der Waals surface area (Å²) in [5.41, 5.74) is 0.629. The lowest BCUT2D eigenvalue weighted by Crippen LogP contribution is -2.19. The third-order valence-corrected chi connectivity index (χ3v) is 2.32. The summed E-state index contributed by atoms with van der Waals surface area (Å²) in [6, 6.07) is 3.92. The van der Waals surface area contributed by atoms with Gasteiger partial charge in [-0.15, -0.1) is 26.4 Å². The van der Waals surface area contributed by atoms with Gasteiger partial charge in [-0.25, -0.2) is 0 Å². The molecule has 0 aliphatic heterocycles. The number of tetrazole rings is 1. The van der Waals surface area contributed by atoms with Crippen LogP contribution in [0.25, 0.3) is 5.65 Å². The lowest BCUT2D eigenvalue weighted by atomic mass is 10.2. The number of rotatable bonds is 4. The summed E-state index contributed by atoms with van der Waals surface area (Å²) in [6.45, 7) is 4.03. The van der Waals surface area contributed by atoms with Crippen molar-refractivity contribution < 1.29 is 0 Å². The lowest BCUT2D eigenvalue weighted by molar-refractivity contribution is 0.680. The maximum absolute atomic E-state index is 5.92. The quantitative estimate of drug-likeness (QED) is 0.817. The maximum atomic E-state index is 5.92. The summed E-state index contributed by atoms with van der Waals surface area (Å²) in [4.78, 5) is 0. The Hall–Kier alpha value is -1.43. The van der Waals surface area contributed by atoms with Gasteiger partial charge >= 0.3 is 0 Å². The van der Waals surface area contributed by atoms with Gasteiger partial charge in [-0.05, 0) is 42.8 Å². The van der Waals surface area contributed by atoms with Crippen molar-refractivity contribution in [2.75, 3.05) is 5.32 Å². The molecule has 7 heteroatoms. The number of anilines is 1. The minimum absolute atomic E-state index is 0.138. The average Bonchev–Trinajstić information content (AvgIpc) is 2.63. The van der Waals surface area contributed by atoms with Crippen LogP contribution in [0.3, 0.4) is 0 Å². The molecular weight excluding hydrogens is 228 g/mol. The average molecular weight is 241 g/mol. The normalized spacial score (nSPS) is 14.9. The van der Waals surface area contributed by atoms with E-state index in [2.05, 4.69) is 32.9 Å². The van der Waals surface area contributed by atoms with Gasteiger partial charge < -0.3 is 5.32 Å². The van der Waals surface area contributed by atoms with E-state index in [0.29, 0.717) is 5.65 Å². The SMILES string of the molecule is CC(Cl)CC(C)Nc1ccc2nnnn2n1. The molecule has 2 rings (SSSR count). The molecule has 2 aromatic heterocycles. The molecule has 0 bridgehead atoms. The molecule has 0 aromatic carbocycles. The highest BCUT2D eigenvalue weighted by Gasteiger charge is 2.07. The third-order valence-electron chi connectivity index (χ3n) is 2.14. The molecule has 86 valence electrons. The molecular formula is C9H13ClN6. The van der Waals surface area contributed by atoms with Crippen molar-refractivity contribution in [1.29, 1.82) is 0 Å². The van der Waals surface area contributed by atoms with Crippen molar-refractivity contribution in [3.63, 3.8) is 0 Å². The van der Waals surface area contributed by atoms with Crippen molar-refractivity contribution in [2.24, 2.45) is 0 Å². The van der Waals surface area contributed by atoms with Crippen LogP contribution in [0.15, 0.2) is 12.1 Å². The zero-order chi connectivity index (χ0) is 11.5. The second kappa shape index (κ2) is 4.61. The first-order chi connectivity index (χ1) is 7.65. The number of aromatic nitrogens is 5. The molecule has 0 amide bonds. The molecule has 1 N–H and O–H groups in total. The van der Waals surface area contributed by atoms with Gasteiger partial charge in [0.2, 0.25) is 0 Å². The first-order valence-electron chi connectivity index (χ1n) is 5.11. The second-order valence-corrected chi connectivity index (χ2v) is 4.55. The van der Waals surface area contributed by atoms with Crippen LogP contribution in [0.4, 0.5) is 5.82 Å². The molecule has 2 atom stereocenters. The van der Waals surface area contributed by atoms with Crippen LogP contribution in [0.5, 0.6) is 0 Å². The van der Waals surface area contributed by atoms with Gasteiger partial charge in [-0.2, -0.15) is 0 Å². The van der Waals surface area contributed by atoms with Crippen molar-refractivity contribution in [2.45, 2.75) is 31.7 Å². The second-order valence-electron chi connectivity index (χ2n) is 3.81. The van der Waals surface area contributed by atoms with E-state index in [4.69, 9.17) is 11.6 Å². The Morgan fingerprint density at radius 2 is 2.25 bits per heavy atom. The van der Waals surface area contributed by atoms with E-state index in [1.54, 1.807) is 0 Å². The molecule has 0 aliphatic rings. The van der Waals surface area contributed by atoms with Crippen LogP contribution in [0, 0.1) is 0 Å². The van der Waals surface area contributed by atoms with Gasteiger partial charge in [0.15, 0.2) is 5.65 Å². The Labute approximate surface area is 98.0 Å². The fourth-order valence-electron chi connectivity index (χ4n) is 1.53. The number of halogens is 1. The number of alkyl halides is 1. The minimum atomic E-state index is 0.138. The standard InChI is InChI=1S/C9H13ClN6/c1-6(10)5-7(2)11-8-3-4-9-12-14-15-16(9)13-8/h3-4,6-7H,5H2,1-2H3,(H,11,13). The molecule has 0 fully saturated rings. The zero-order valence-corrected chi connectivity index (χ0v) is 9.89. The molecule has 0 spiro atoms. The van der Waals surface area contributed by atoms with Gasteiger partial charge in [0.1, 0.15) is 5.82 Å². The fourth-order valence-corrected chi connectivity index (χ4v) is 1.79. The number of hydrogen-bond acceptors (Lipinski definition) is 5. The molecule has 2 unspecified atom stereocenters. The molecule has 0 radical (unpaired) electrons. The van der Waals surface area contributed by atoms with E-state index in [-0.39, 0.29) is 11.4 Å². The third kappa shape index (κ3) is 2.57. The molecule has 0 saturated carbocycles. The van der Waals surface area contributed by atoms with Crippen LogP contribution in [-0.4, -0.2) is 36.7 Å². The number of nitrogens with one attached hydrogen (secondary N) is 1. The van der Waals surface area contributed by atoms with Gasteiger partial charge in [0.05, 0.1) is 0 Å². The summed E-state index contributed by atoms with van der Waals surface area (Å²) < 4.78 is 1.39. The Bertz CT molecular complexity index is 468. The zero-order valence-electron chi connectivity index (χ0n) is 9.13. The number of hydrogen-bond donors (Lipinski definition) is 1. The molecule has 0 saturated heterocycles. The molecule has 0 aliphatic carbocycles. The predicted octanol–water partition coefficient (Wildman–Crippen LogP) is 1.34. The summed E-state index contributed by atoms with van der Waals surface area (Å²) in [5, 5.41) is 18.6. The molecule has 2 aromatic rings. The minimum Gasteiger partial charge on any atom is -0.366 e. The number of nitrogens with zero attached hydrogens (tertiary/aromatic N) is 5. The van der Waals surface area contributed by atoms with E-state index in [0.717, 1.165) is 12.2 Å². The van der Waals surface area contributed by atoms with Gasteiger partial charge in [-0.1, -0.05) is 0 Å². The van der Waals surface area contributed by atoms with Gasteiger partial charge in [0, 0.05) is 11.4 Å². The van der Waals surface area contributed by atoms with E-state index in [1.165, 1.54) is 4.63 Å². The summed E-state index contributed by atoms with van der Waals surface area (Å²) in [7, 11) is 0. The Balaban J connectivity index is 2.08. The van der Waals surface area contributed by atoms with E-state index < -0.39 is 0 Å². The summed E-state index contributed by atoms with van der Waals surface area (Å²) in [6.07, 6.45) is 0.872. The van der Waals surface area contributed by atoms with Crippen LogP contribution in [0.2, 0.25) is 0 Å². The maximum Gasteiger partial charge on any atom is 0.200 e.